The molecule has 0 aliphatic carbocycles. The summed E-state index contributed by atoms with van der Waals surface area (Å²) in [6.07, 6.45) is 4.33. The Bertz CT molecular complexity index is 944. The molecule has 26 heavy (non-hydrogen) atoms. The first-order valence-electron chi connectivity index (χ1n) is 8.38. The number of anilines is 3. The first kappa shape index (κ1) is 16.1. The van der Waals surface area contributed by atoms with E-state index in [0.29, 0.717) is 17.3 Å². The highest BCUT2D eigenvalue weighted by Gasteiger charge is 2.26. The zero-order valence-corrected chi connectivity index (χ0v) is 14.3. The molecule has 2 aromatic carbocycles. The molecule has 1 aliphatic rings. The number of benzene rings is 2. The van der Waals surface area contributed by atoms with Crippen LogP contribution in [0, 0.1) is 0 Å². The Morgan fingerprint density at radius 3 is 2.73 bits per heavy atom. The number of rotatable bonds is 4. The molecule has 0 saturated carbocycles. The van der Waals surface area contributed by atoms with E-state index in [1.54, 1.807) is 43.8 Å². The van der Waals surface area contributed by atoms with Gasteiger partial charge in [-0.2, -0.15) is 0 Å². The summed E-state index contributed by atoms with van der Waals surface area (Å²) in [5.41, 5.74) is 3.42. The van der Waals surface area contributed by atoms with Gasteiger partial charge in [0, 0.05) is 24.5 Å². The lowest BCUT2D eigenvalue weighted by Crippen LogP contribution is -2.19. The van der Waals surface area contributed by atoms with Gasteiger partial charge in [-0.3, -0.25) is 4.79 Å². The van der Waals surface area contributed by atoms with Crippen molar-refractivity contribution in [3.8, 4) is 5.75 Å². The number of nitrogens with zero attached hydrogens (tertiary/aromatic N) is 3. The molecule has 130 valence electrons. The summed E-state index contributed by atoms with van der Waals surface area (Å²) in [6, 6.07) is 14.8. The van der Waals surface area contributed by atoms with E-state index in [9.17, 15) is 4.79 Å². The Hall–Kier alpha value is -3.41. The summed E-state index contributed by atoms with van der Waals surface area (Å²) in [6.45, 7) is 0.783. The standard InChI is InChI=1S/C20H18N4O2/c1-26-16-7-2-6-15(13-16)19(25)23-17-8-3-5-14-9-12-24(18(14)17)20-21-10-4-11-22-20/h2-8,10-11,13H,9,12H2,1H3,(H,23,25). The van der Waals surface area contributed by atoms with Crippen molar-refractivity contribution in [3.05, 3.63) is 72.1 Å². The Labute approximate surface area is 151 Å². The fourth-order valence-corrected chi connectivity index (χ4v) is 3.15. The second-order valence-corrected chi connectivity index (χ2v) is 5.95. The van der Waals surface area contributed by atoms with E-state index in [4.69, 9.17) is 4.74 Å². The van der Waals surface area contributed by atoms with Gasteiger partial charge in [0.1, 0.15) is 5.75 Å². The molecule has 0 atom stereocenters. The highest BCUT2D eigenvalue weighted by atomic mass is 16.5. The van der Waals surface area contributed by atoms with Crippen LogP contribution in [0.2, 0.25) is 0 Å². The first-order chi connectivity index (χ1) is 12.8. The number of ether oxygens (including phenoxy) is 1. The number of hydrogen-bond donors (Lipinski definition) is 1. The Morgan fingerprint density at radius 2 is 1.92 bits per heavy atom. The zero-order valence-electron chi connectivity index (χ0n) is 14.3. The number of amides is 1. The van der Waals surface area contributed by atoms with Crippen LogP contribution in [0.5, 0.6) is 5.75 Å². The number of aromatic nitrogens is 2. The third kappa shape index (κ3) is 2.97. The molecule has 1 amide bonds. The van der Waals surface area contributed by atoms with Crippen molar-refractivity contribution < 1.29 is 9.53 Å². The van der Waals surface area contributed by atoms with Crippen LogP contribution in [0.1, 0.15) is 15.9 Å². The van der Waals surface area contributed by atoms with Gasteiger partial charge in [0.15, 0.2) is 0 Å². The molecule has 0 spiro atoms. The van der Waals surface area contributed by atoms with E-state index >= 15 is 0 Å². The van der Waals surface area contributed by atoms with Crippen molar-refractivity contribution in [1.82, 2.24) is 9.97 Å². The maximum absolute atomic E-state index is 12.7. The third-order valence-electron chi connectivity index (χ3n) is 4.37. The molecule has 6 heteroatoms. The molecule has 0 unspecified atom stereocenters. The van der Waals surface area contributed by atoms with Crippen LogP contribution in [0.4, 0.5) is 17.3 Å². The van der Waals surface area contributed by atoms with Gasteiger partial charge in [0.05, 0.1) is 18.5 Å². The second kappa shape index (κ2) is 6.84. The normalized spacial score (nSPS) is 12.6. The summed E-state index contributed by atoms with van der Waals surface area (Å²) in [7, 11) is 1.58. The number of carbonyl (C=O) groups excluding carboxylic acids is 1. The topological polar surface area (TPSA) is 67.3 Å². The van der Waals surface area contributed by atoms with Crippen LogP contribution in [0.25, 0.3) is 0 Å². The van der Waals surface area contributed by atoms with Crippen LogP contribution in [-0.2, 0) is 6.42 Å². The van der Waals surface area contributed by atoms with Crippen LogP contribution in [-0.4, -0.2) is 29.5 Å². The number of para-hydroxylation sites is 1. The summed E-state index contributed by atoms with van der Waals surface area (Å²) < 4.78 is 5.20. The SMILES string of the molecule is COc1cccc(C(=O)Nc2cccc3c2N(c2ncccn2)CC3)c1. The van der Waals surface area contributed by atoms with E-state index in [2.05, 4.69) is 21.4 Å². The quantitative estimate of drug-likeness (QED) is 0.784. The van der Waals surface area contributed by atoms with Crippen molar-refractivity contribution in [1.29, 1.82) is 0 Å². The van der Waals surface area contributed by atoms with Gasteiger partial charge in [-0.15, -0.1) is 0 Å². The fourth-order valence-electron chi connectivity index (χ4n) is 3.15. The molecule has 1 N–H and O–H groups in total. The summed E-state index contributed by atoms with van der Waals surface area (Å²) in [5, 5.41) is 3.02. The van der Waals surface area contributed by atoms with Crippen molar-refractivity contribution in [2.45, 2.75) is 6.42 Å². The van der Waals surface area contributed by atoms with Gasteiger partial charge in [-0.05, 0) is 42.3 Å². The van der Waals surface area contributed by atoms with Crippen molar-refractivity contribution in [3.63, 3.8) is 0 Å². The third-order valence-corrected chi connectivity index (χ3v) is 4.37. The van der Waals surface area contributed by atoms with Crippen molar-refractivity contribution in [2.75, 3.05) is 23.9 Å². The number of methoxy groups -OCH3 is 1. The number of hydrogen-bond acceptors (Lipinski definition) is 5. The molecule has 0 fully saturated rings. The monoisotopic (exact) mass is 346 g/mol. The molecule has 0 bridgehead atoms. The lowest BCUT2D eigenvalue weighted by molar-refractivity contribution is 0.102. The predicted molar refractivity (Wildman–Crippen MR) is 100 cm³/mol. The molecule has 4 rings (SSSR count). The van der Waals surface area contributed by atoms with E-state index in [0.717, 1.165) is 24.3 Å². The summed E-state index contributed by atoms with van der Waals surface area (Å²) in [5.74, 6) is 1.10. The number of nitrogens with one attached hydrogen (secondary N) is 1. The molecular formula is C20H18N4O2. The fraction of sp³-hybridized carbons (Fsp3) is 0.150. The van der Waals surface area contributed by atoms with Crippen LogP contribution in [0.3, 0.4) is 0 Å². The zero-order chi connectivity index (χ0) is 17.9. The molecule has 0 saturated heterocycles. The van der Waals surface area contributed by atoms with Crippen molar-refractivity contribution >= 4 is 23.2 Å². The molecule has 6 nitrogen and oxygen atoms in total. The van der Waals surface area contributed by atoms with Crippen LogP contribution in [0.15, 0.2) is 60.9 Å². The van der Waals surface area contributed by atoms with Crippen LogP contribution >= 0.6 is 0 Å². The lowest BCUT2D eigenvalue weighted by atomic mass is 10.1. The Kier molecular flexibility index (Phi) is 4.23. The van der Waals surface area contributed by atoms with Gasteiger partial charge < -0.3 is 15.0 Å². The molecule has 1 aliphatic heterocycles. The van der Waals surface area contributed by atoms with E-state index in [-0.39, 0.29) is 5.91 Å². The maximum atomic E-state index is 12.7. The molecule has 0 radical (unpaired) electrons. The average Bonchev–Trinajstić information content (AvgIpc) is 3.14. The van der Waals surface area contributed by atoms with Gasteiger partial charge in [0.2, 0.25) is 5.95 Å². The minimum absolute atomic E-state index is 0.182. The Morgan fingerprint density at radius 1 is 1.12 bits per heavy atom. The maximum Gasteiger partial charge on any atom is 0.255 e. The summed E-state index contributed by atoms with van der Waals surface area (Å²) >= 11 is 0. The van der Waals surface area contributed by atoms with E-state index in [1.165, 1.54) is 5.56 Å². The molecule has 3 aromatic rings. The number of fused-ring (bicyclic) bond motifs is 1. The highest BCUT2D eigenvalue weighted by molar-refractivity contribution is 6.06. The highest BCUT2D eigenvalue weighted by Crippen LogP contribution is 2.39. The van der Waals surface area contributed by atoms with Crippen molar-refractivity contribution in [2.24, 2.45) is 0 Å². The first-order valence-corrected chi connectivity index (χ1v) is 8.38. The van der Waals surface area contributed by atoms with E-state index < -0.39 is 0 Å². The second-order valence-electron chi connectivity index (χ2n) is 5.95. The van der Waals surface area contributed by atoms with Crippen LogP contribution < -0.4 is 15.0 Å². The Balaban J connectivity index is 1.66. The average molecular weight is 346 g/mol. The smallest absolute Gasteiger partial charge is 0.255 e. The molecular weight excluding hydrogens is 328 g/mol. The largest absolute Gasteiger partial charge is 0.497 e. The van der Waals surface area contributed by atoms with Gasteiger partial charge in [0.25, 0.3) is 5.91 Å². The van der Waals surface area contributed by atoms with Gasteiger partial charge in [-0.1, -0.05) is 18.2 Å². The molecule has 2 heterocycles. The van der Waals surface area contributed by atoms with Gasteiger partial charge >= 0.3 is 0 Å². The summed E-state index contributed by atoms with van der Waals surface area (Å²) in [4.78, 5) is 23.4. The lowest BCUT2D eigenvalue weighted by Gasteiger charge is -2.20. The predicted octanol–water partition coefficient (Wildman–Crippen LogP) is 3.43. The minimum Gasteiger partial charge on any atom is -0.497 e. The van der Waals surface area contributed by atoms with E-state index in [1.807, 2.05) is 23.1 Å². The molecule has 1 aromatic heterocycles. The van der Waals surface area contributed by atoms with Gasteiger partial charge in [-0.25, -0.2) is 9.97 Å². The minimum atomic E-state index is -0.182. The number of carbonyl (C=O) groups is 1.